The third-order valence-corrected chi connectivity index (χ3v) is 4.27. The van der Waals surface area contributed by atoms with Crippen molar-refractivity contribution in [2.45, 2.75) is 57.6 Å². The van der Waals surface area contributed by atoms with Crippen molar-refractivity contribution in [3.8, 4) is 0 Å². The minimum Gasteiger partial charge on any atom is -0.378 e. The van der Waals surface area contributed by atoms with Crippen LogP contribution in [0.1, 0.15) is 45.4 Å². The van der Waals surface area contributed by atoms with Gasteiger partial charge in [0.15, 0.2) is 0 Å². The van der Waals surface area contributed by atoms with Gasteiger partial charge in [-0.25, -0.2) is 0 Å². The van der Waals surface area contributed by atoms with Gasteiger partial charge in [0.05, 0.1) is 6.10 Å². The Morgan fingerprint density at radius 2 is 2.28 bits per heavy atom. The van der Waals surface area contributed by atoms with E-state index < -0.39 is 0 Å². The predicted molar refractivity (Wildman–Crippen MR) is 71.2 cm³/mol. The van der Waals surface area contributed by atoms with Gasteiger partial charge in [-0.15, -0.1) is 0 Å². The molecule has 4 nitrogen and oxygen atoms in total. The Bertz CT molecular complexity index is 277. The number of hydrogen-bond acceptors (Lipinski definition) is 3. The second-order valence-corrected chi connectivity index (χ2v) is 5.76. The zero-order valence-electron chi connectivity index (χ0n) is 11.4. The molecule has 0 saturated carbocycles. The maximum absolute atomic E-state index is 12.2. The Labute approximate surface area is 110 Å². The standard InChI is InChI=1S/C14H26N2O2/c1-11-8-12(9-15)10-16(11)14(17)6-5-13-4-2-3-7-18-13/h11-13H,2-10,15H2,1H3. The van der Waals surface area contributed by atoms with E-state index in [1.807, 2.05) is 4.90 Å². The van der Waals surface area contributed by atoms with E-state index in [0.29, 0.717) is 31.0 Å². The van der Waals surface area contributed by atoms with E-state index >= 15 is 0 Å². The highest BCUT2D eigenvalue weighted by molar-refractivity contribution is 5.76. The van der Waals surface area contributed by atoms with E-state index in [-0.39, 0.29) is 5.91 Å². The summed E-state index contributed by atoms with van der Waals surface area (Å²) in [4.78, 5) is 14.2. The highest BCUT2D eigenvalue weighted by Gasteiger charge is 2.31. The number of amides is 1. The molecule has 4 heteroatoms. The molecule has 0 aromatic heterocycles. The van der Waals surface area contributed by atoms with E-state index in [1.165, 1.54) is 12.8 Å². The van der Waals surface area contributed by atoms with Crippen LogP contribution in [0.2, 0.25) is 0 Å². The van der Waals surface area contributed by atoms with Crippen LogP contribution in [0.5, 0.6) is 0 Å². The van der Waals surface area contributed by atoms with Crippen LogP contribution < -0.4 is 5.73 Å². The molecule has 0 aliphatic carbocycles. The van der Waals surface area contributed by atoms with Crippen molar-refractivity contribution < 1.29 is 9.53 Å². The SMILES string of the molecule is CC1CC(CN)CN1C(=O)CCC1CCCCO1. The van der Waals surface area contributed by atoms with Crippen LogP contribution in [0.15, 0.2) is 0 Å². The van der Waals surface area contributed by atoms with Gasteiger partial charge in [0.2, 0.25) is 5.91 Å². The molecule has 104 valence electrons. The number of ether oxygens (including phenoxy) is 1. The van der Waals surface area contributed by atoms with E-state index in [0.717, 1.165) is 32.4 Å². The van der Waals surface area contributed by atoms with E-state index in [9.17, 15) is 4.79 Å². The third-order valence-electron chi connectivity index (χ3n) is 4.27. The molecule has 0 aromatic carbocycles. The topological polar surface area (TPSA) is 55.6 Å². The van der Waals surface area contributed by atoms with Crippen molar-refractivity contribution in [1.29, 1.82) is 0 Å². The fourth-order valence-electron chi connectivity index (χ4n) is 3.12. The Balaban J connectivity index is 1.74. The third kappa shape index (κ3) is 3.45. The summed E-state index contributed by atoms with van der Waals surface area (Å²) >= 11 is 0. The van der Waals surface area contributed by atoms with Crippen LogP contribution in [-0.4, -0.2) is 42.6 Å². The van der Waals surface area contributed by atoms with Gasteiger partial charge in [0.1, 0.15) is 0 Å². The summed E-state index contributed by atoms with van der Waals surface area (Å²) in [6.45, 7) is 4.54. The van der Waals surface area contributed by atoms with E-state index in [1.54, 1.807) is 0 Å². The van der Waals surface area contributed by atoms with Gasteiger partial charge in [-0.3, -0.25) is 4.79 Å². The average Bonchev–Trinajstić information content (AvgIpc) is 2.78. The van der Waals surface area contributed by atoms with Gasteiger partial charge in [-0.1, -0.05) is 0 Å². The number of rotatable bonds is 4. The summed E-state index contributed by atoms with van der Waals surface area (Å²) in [5.74, 6) is 0.780. The normalized spacial score (nSPS) is 32.8. The van der Waals surface area contributed by atoms with Gasteiger partial charge in [-0.2, -0.15) is 0 Å². The second-order valence-electron chi connectivity index (χ2n) is 5.76. The molecule has 2 saturated heterocycles. The van der Waals surface area contributed by atoms with Crippen molar-refractivity contribution in [1.82, 2.24) is 4.90 Å². The first-order valence-electron chi connectivity index (χ1n) is 7.32. The van der Waals surface area contributed by atoms with Crippen molar-refractivity contribution in [3.05, 3.63) is 0 Å². The molecule has 2 heterocycles. The molecule has 3 atom stereocenters. The molecule has 18 heavy (non-hydrogen) atoms. The van der Waals surface area contributed by atoms with Gasteiger partial charge in [-0.05, 0) is 51.5 Å². The summed E-state index contributed by atoms with van der Waals surface area (Å²) in [6.07, 6.45) is 6.42. The molecule has 0 bridgehead atoms. The first-order valence-corrected chi connectivity index (χ1v) is 7.32. The smallest absolute Gasteiger partial charge is 0.222 e. The molecule has 2 aliphatic heterocycles. The fraction of sp³-hybridized carbons (Fsp3) is 0.929. The van der Waals surface area contributed by atoms with Crippen LogP contribution in [0.3, 0.4) is 0 Å². The molecular weight excluding hydrogens is 228 g/mol. The zero-order chi connectivity index (χ0) is 13.0. The summed E-state index contributed by atoms with van der Waals surface area (Å²) in [5.41, 5.74) is 5.69. The van der Waals surface area contributed by atoms with E-state index in [4.69, 9.17) is 10.5 Å². The first-order chi connectivity index (χ1) is 8.70. The van der Waals surface area contributed by atoms with Crippen LogP contribution in [0.4, 0.5) is 0 Å². The monoisotopic (exact) mass is 254 g/mol. The molecule has 3 unspecified atom stereocenters. The molecule has 2 aliphatic rings. The molecular formula is C14H26N2O2. The number of hydrogen-bond donors (Lipinski definition) is 1. The number of carbonyl (C=O) groups excluding carboxylic acids is 1. The van der Waals surface area contributed by atoms with Crippen LogP contribution in [-0.2, 0) is 9.53 Å². The lowest BCUT2D eigenvalue weighted by atomic mass is 10.0. The molecule has 0 spiro atoms. The Kier molecular flexibility index (Phi) is 5.01. The summed E-state index contributed by atoms with van der Waals surface area (Å²) in [5, 5.41) is 0. The van der Waals surface area contributed by atoms with E-state index in [2.05, 4.69) is 6.92 Å². The zero-order valence-corrected chi connectivity index (χ0v) is 11.4. The highest BCUT2D eigenvalue weighted by Crippen LogP contribution is 2.24. The molecule has 2 rings (SSSR count). The molecule has 0 aromatic rings. The lowest BCUT2D eigenvalue weighted by molar-refractivity contribution is -0.132. The molecule has 1 amide bonds. The number of likely N-dealkylation sites (tertiary alicyclic amines) is 1. The summed E-state index contributed by atoms with van der Waals surface area (Å²) in [7, 11) is 0. The number of nitrogens with zero attached hydrogens (tertiary/aromatic N) is 1. The minimum absolute atomic E-state index is 0.285. The molecule has 2 fully saturated rings. The summed E-state index contributed by atoms with van der Waals surface area (Å²) in [6, 6.07) is 0.360. The minimum atomic E-state index is 0.285. The number of nitrogens with two attached hydrogens (primary N) is 1. The van der Waals surface area contributed by atoms with Crippen molar-refractivity contribution in [2.75, 3.05) is 19.7 Å². The average molecular weight is 254 g/mol. The summed E-state index contributed by atoms with van der Waals surface area (Å²) < 4.78 is 5.67. The first kappa shape index (κ1) is 13.8. The van der Waals surface area contributed by atoms with Gasteiger partial charge >= 0.3 is 0 Å². The van der Waals surface area contributed by atoms with Crippen molar-refractivity contribution in [3.63, 3.8) is 0 Å². The van der Waals surface area contributed by atoms with Crippen molar-refractivity contribution >= 4 is 5.91 Å². The van der Waals surface area contributed by atoms with Gasteiger partial charge in [0, 0.05) is 25.6 Å². The quantitative estimate of drug-likeness (QED) is 0.828. The Morgan fingerprint density at radius 1 is 1.44 bits per heavy atom. The number of carbonyl (C=O) groups is 1. The van der Waals surface area contributed by atoms with Gasteiger partial charge < -0.3 is 15.4 Å². The fourth-order valence-corrected chi connectivity index (χ4v) is 3.12. The molecule has 0 radical (unpaired) electrons. The predicted octanol–water partition coefficient (Wildman–Crippen LogP) is 1.53. The largest absolute Gasteiger partial charge is 0.378 e. The maximum Gasteiger partial charge on any atom is 0.222 e. The van der Waals surface area contributed by atoms with Crippen LogP contribution in [0.25, 0.3) is 0 Å². The van der Waals surface area contributed by atoms with Crippen molar-refractivity contribution in [2.24, 2.45) is 11.7 Å². The second kappa shape index (κ2) is 6.53. The van der Waals surface area contributed by atoms with Gasteiger partial charge in [0.25, 0.3) is 0 Å². The Morgan fingerprint density at radius 3 is 2.89 bits per heavy atom. The Hall–Kier alpha value is -0.610. The molecule has 2 N–H and O–H groups in total. The lowest BCUT2D eigenvalue weighted by Crippen LogP contribution is -2.35. The highest BCUT2D eigenvalue weighted by atomic mass is 16.5. The lowest BCUT2D eigenvalue weighted by Gasteiger charge is -2.25. The van der Waals surface area contributed by atoms with Crippen LogP contribution >= 0.6 is 0 Å². The van der Waals surface area contributed by atoms with Crippen LogP contribution in [0, 0.1) is 5.92 Å². The maximum atomic E-state index is 12.2.